The monoisotopic (exact) mass is 143 g/mol. The van der Waals surface area contributed by atoms with Gasteiger partial charge in [-0.3, -0.25) is 9.63 Å². The van der Waals surface area contributed by atoms with Crippen molar-refractivity contribution in [3.05, 3.63) is 12.2 Å². The van der Waals surface area contributed by atoms with Crippen LogP contribution in [0.3, 0.4) is 0 Å². The maximum absolute atomic E-state index is 10.1. The minimum atomic E-state index is 0.522. The SMILES string of the molecule is CCC=CCN(C=O)OC. The summed E-state index contributed by atoms with van der Waals surface area (Å²) in [5.41, 5.74) is 0. The maximum Gasteiger partial charge on any atom is 0.233 e. The molecule has 0 radical (unpaired) electrons. The van der Waals surface area contributed by atoms with Gasteiger partial charge in [-0.25, -0.2) is 5.06 Å². The number of allylic oxidation sites excluding steroid dienone is 1. The molecule has 0 aliphatic carbocycles. The molecule has 1 amide bonds. The van der Waals surface area contributed by atoms with Crippen molar-refractivity contribution >= 4 is 6.41 Å². The van der Waals surface area contributed by atoms with Crippen LogP contribution in [0.2, 0.25) is 0 Å². The normalized spacial score (nSPS) is 10.2. The Hall–Kier alpha value is -0.830. The highest BCUT2D eigenvalue weighted by molar-refractivity contribution is 5.45. The molecule has 0 bridgehead atoms. The fraction of sp³-hybridized carbons (Fsp3) is 0.571. The first kappa shape index (κ1) is 9.17. The second-order valence-electron chi connectivity index (χ2n) is 1.77. The van der Waals surface area contributed by atoms with Gasteiger partial charge in [0.25, 0.3) is 0 Å². The van der Waals surface area contributed by atoms with Crippen LogP contribution < -0.4 is 0 Å². The Morgan fingerprint density at radius 3 is 2.60 bits per heavy atom. The van der Waals surface area contributed by atoms with E-state index in [-0.39, 0.29) is 0 Å². The summed E-state index contributed by atoms with van der Waals surface area (Å²) in [6.45, 7) is 2.56. The number of hydroxylamine groups is 2. The smallest absolute Gasteiger partial charge is 0.233 e. The zero-order valence-corrected chi connectivity index (χ0v) is 6.41. The van der Waals surface area contributed by atoms with E-state index in [1.807, 2.05) is 19.1 Å². The molecule has 0 saturated heterocycles. The third-order valence-electron chi connectivity index (χ3n) is 1.04. The largest absolute Gasteiger partial charge is 0.276 e. The van der Waals surface area contributed by atoms with Gasteiger partial charge >= 0.3 is 0 Å². The van der Waals surface area contributed by atoms with E-state index in [1.165, 1.54) is 12.2 Å². The fourth-order valence-electron chi connectivity index (χ4n) is 0.506. The molecule has 0 rings (SSSR count). The highest BCUT2D eigenvalue weighted by atomic mass is 16.7. The van der Waals surface area contributed by atoms with Gasteiger partial charge in [0.15, 0.2) is 0 Å². The van der Waals surface area contributed by atoms with E-state index in [0.717, 1.165) is 6.42 Å². The minimum absolute atomic E-state index is 0.522. The summed E-state index contributed by atoms with van der Waals surface area (Å²) in [6, 6.07) is 0. The molecule has 3 nitrogen and oxygen atoms in total. The van der Waals surface area contributed by atoms with Crippen molar-refractivity contribution in [2.24, 2.45) is 0 Å². The topological polar surface area (TPSA) is 29.5 Å². The van der Waals surface area contributed by atoms with Crippen LogP contribution >= 0.6 is 0 Å². The molecule has 0 fully saturated rings. The summed E-state index contributed by atoms with van der Waals surface area (Å²) in [5.74, 6) is 0. The molecule has 0 aliphatic rings. The first-order valence-electron chi connectivity index (χ1n) is 3.26. The van der Waals surface area contributed by atoms with E-state index in [4.69, 9.17) is 0 Å². The van der Waals surface area contributed by atoms with Gasteiger partial charge < -0.3 is 0 Å². The summed E-state index contributed by atoms with van der Waals surface area (Å²) in [4.78, 5) is 14.8. The Bertz CT molecular complexity index is 112. The summed E-state index contributed by atoms with van der Waals surface area (Å²) in [6.07, 6.45) is 5.50. The highest BCUT2D eigenvalue weighted by Gasteiger charge is 1.91. The van der Waals surface area contributed by atoms with Gasteiger partial charge in [0.05, 0.1) is 13.7 Å². The van der Waals surface area contributed by atoms with Crippen LogP contribution in [0.1, 0.15) is 13.3 Å². The summed E-state index contributed by atoms with van der Waals surface area (Å²) < 4.78 is 0. The predicted octanol–water partition coefficient (Wildman–Crippen LogP) is 0.972. The third-order valence-corrected chi connectivity index (χ3v) is 1.04. The summed E-state index contributed by atoms with van der Waals surface area (Å²) >= 11 is 0. The van der Waals surface area contributed by atoms with E-state index in [2.05, 4.69) is 4.84 Å². The summed E-state index contributed by atoms with van der Waals surface area (Å²) in [7, 11) is 1.47. The molecule has 0 N–H and O–H groups in total. The van der Waals surface area contributed by atoms with Crippen molar-refractivity contribution in [2.75, 3.05) is 13.7 Å². The van der Waals surface area contributed by atoms with Gasteiger partial charge in [-0.1, -0.05) is 19.1 Å². The average molecular weight is 143 g/mol. The van der Waals surface area contributed by atoms with Gasteiger partial charge in [0.1, 0.15) is 0 Å². The lowest BCUT2D eigenvalue weighted by Crippen LogP contribution is -2.19. The van der Waals surface area contributed by atoms with E-state index < -0.39 is 0 Å². The van der Waals surface area contributed by atoms with Crippen LogP contribution in [0.25, 0.3) is 0 Å². The third kappa shape index (κ3) is 4.09. The number of carbonyl (C=O) groups is 1. The molecule has 3 heteroatoms. The van der Waals surface area contributed by atoms with E-state index >= 15 is 0 Å². The quantitative estimate of drug-likeness (QED) is 0.326. The zero-order chi connectivity index (χ0) is 7.82. The number of amides is 1. The number of hydrogen-bond donors (Lipinski definition) is 0. The minimum Gasteiger partial charge on any atom is -0.276 e. The lowest BCUT2D eigenvalue weighted by Gasteiger charge is -2.09. The van der Waals surface area contributed by atoms with Gasteiger partial charge in [0, 0.05) is 0 Å². The Labute approximate surface area is 61.2 Å². The molecule has 0 spiro atoms. The number of carbonyl (C=O) groups excluding carboxylic acids is 1. The van der Waals surface area contributed by atoms with Crippen molar-refractivity contribution in [2.45, 2.75) is 13.3 Å². The molecule has 0 atom stereocenters. The molecule has 0 unspecified atom stereocenters. The lowest BCUT2D eigenvalue weighted by molar-refractivity contribution is -0.157. The van der Waals surface area contributed by atoms with Crippen molar-refractivity contribution in [3.8, 4) is 0 Å². The van der Waals surface area contributed by atoms with Crippen LogP contribution in [0, 0.1) is 0 Å². The second-order valence-corrected chi connectivity index (χ2v) is 1.77. The van der Waals surface area contributed by atoms with Crippen LogP contribution in [-0.4, -0.2) is 25.1 Å². The first-order chi connectivity index (χ1) is 4.85. The molecular formula is C7H13NO2. The van der Waals surface area contributed by atoms with E-state index in [1.54, 1.807) is 0 Å². The van der Waals surface area contributed by atoms with Crippen molar-refractivity contribution in [1.29, 1.82) is 0 Å². The van der Waals surface area contributed by atoms with Gasteiger partial charge in [-0.15, -0.1) is 0 Å². The predicted molar refractivity (Wildman–Crippen MR) is 39.2 cm³/mol. The number of hydrogen-bond acceptors (Lipinski definition) is 2. The maximum atomic E-state index is 10.1. The molecule has 10 heavy (non-hydrogen) atoms. The van der Waals surface area contributed by atoms with E-state index in [0.29, 0.717) is 13.0 Å². The Balaban J connectivity index is 3.43. The molecule has 0 aliphatic heterocycles. The Morgan fingerprint density at radius 1 is 1.50 bits per heavy atom. The molecule has 0 aromatic heterocycles. The molecule has 0 aromatic carbocycles. The number of nitrogens with zero attached hydrogens (tertiary/aromatic N) is 1. The average Bonchev–Trinajstić information content (AvgIpc) is 1.99. The van der Waals surface area contributed by atoms with Crippen LogP contribution in [0.5, 0.6) is 0 Å². The van der Waals surface area contributed by atoms with Crippen molar-refractivity contribution in [1.82, 2.24) is 5.06 Å². The Morgan fingerprint density at radius 2 is 2.20 bits per heavy atom. The van der Waals surface area contributed by atoms with E-state index in [9.17, 15) is 4.79 Å². The first-order valence-corrected chi connectivity index (χ1v) is 3.26. The fourth-order valence-corrected chi connectivity index (χ4v) is 0.506. The van der Waals surface area contributed by atoms with Gasteiger partial charge in [0.2, 0.25) is 6.41 Å². The molecule has 0 aromatic rings. The molecular weight excluding hydrogens is 130 g/mol. The lowest BCUT2D eigenvalue weighted by atomic mass is 10.4. The van der Waals surface area contributed by atoms with Gasteiger partial charge in [-0.05, 0) is 6.42 Å². The van der Waals surface area contributed by atoms with Crippen LogP contribution in [-0.2, 0) is 9.63 Å². The number of rotatable bonds is 5. The van der Waals surface area contributed by atoms with Crippen molar-refractivity contribution in [3.63, 3.8) is 0 Å². The molecule has 0 heterocycles. The van der Waals surface area contributed by atoms with Gasteiger partial charge in [-0.2, -0.15) is 0 Å². The molecule has 0 saturated carbocycles. The highest BCUT2D eigenvalue weighted by Crippen LogP contribution is 1.85. The molecule has 58 valence electrons. The van der Waals surface area contributed by atoms with Crippen LogP contribution in [0.4, 0.5) is 0 Å². The van der Waals surface area contributed by atoms with Crippen LogP contribution in [0.15, 0.2) is 12.2 Å². The zero-order valence-electron chi connectivity index (χ0n) is 6.41. The summed E-state index contributed by atoms with van der Waals surface area (Å²) in [5, 5.41) is 1.21. The standard InChI is InChI=1S/C7H13NO2/c1-3-4-5-6-8(7-9)10-2/h4-5,7H,3,6H2,1-2H3. The van der Waals surface area contributed by atoms with Crippen molar-refractivity contribution < 1.29 is 9.63 Å². The Kier molecular flexibility index (Phi) is 5.77. The second kappa shape index (κ2) is 6.29.